The summed E-state index contributed by atoms with van der Waals surface area (Å²) in [7, 11) is 1.58. The van der Waals surface area contributed by atoms with Crippen LogP contribution >= 0.6 is 11.3 Å². The Morgan fingerprint density at radius 1 is 1.10 bits per heavy atom. The van der Waals surface area contributed by atoms with Crippen LogP contribution in [0.15, 0.2) is 53.0 Å². The molecule has 0 bridgehead atoms. The van der Waals surface area contributed by atoms with Crippen molar-refractivity contribution in [3.05, 3.63) is 48.8 Å². The largest absolute Gasteiger partial charge is 0.611 e. The van der Waals surface area contributed by atoms with Crippen molar-refractivity contribution in [1.29, 1.82) is 0 Å². The van der Waals surface area contributed by atoms with Crippen molar-refractivity contribution >= 4 is 44.4 Å². The van der Waals surface area contributed by atoms with E-state index < -0.39 is 11.2 Å². The number of rotatable bonds is 6. The van der Waals surface area contributed by atoms with E-state index in [4.69, 9.17) is 21.2 Å². The highest BCUT2D eigenvalue weighted by molar-refractivity contribution is 7.93. The Morgan fingerprint density at radius 2 is 1.83 bits per heavy atom. The highest BCUT2D eigenvalue weighted by atomic mass is 32.2. The second kappa shape index (κ2) is 8.34. The molecule has 9 heteroatoms. The van der Waals surface area contributed by atoms with Gasteiger partial charge in [0.05, 0.1) is 12.3 Å². The zero-order valence-electron chi connectivity index (χ0n) is 15.7. The van der Waals surface area contributed by atoms with E-state index in [-0.39, 0.29) is 5.95 Å². The molecule has 148 valence electrons. The van der Waals surface area contributed by atoms with Crippen LogP contribution in [0.25, 0.3) is 32.6 Å². The van der Waals surface area contributed by atoms with E-state index in [1.54, 1.807) is 19.5 Å². The molecule has 4 N–H and O–H groups in total. The lowest BCUT2D eigenvalue weighted by Gasteiger charge is -2.09. The quantitative estimate of drug-likeness (QED) is 0.454. The minimum Gasteiger partial charge on any atom is -0.611 e. The van der Waals surface area contributed by atoms with Gasteiger partial charge in [0.25, 0.3) is 0 Å². The van der Waals surface area contributed by atoms with Gasteiger partial charge in [-0.05, 0) is 17.2 Å². The standard InChI is InChI=1S/C20H19N5O2S2/c1-27-7-8-29(26)19-17(21)16-14(12-5-3-2-4-6-12)9-15(25-18(16)28-19)13-10-23-20(22)24-11-13/h2-6,9-11H,7-8,21H2,1H3,(H2,22,23,24)/t29-/m1/s1. The molecule has 0 unspecified atom stereocenters. The molecule has 0 aliphatic heterocycles. The average Bonchev–Trinajstić information content (AvgIpc) is 3.09. The van der Waals surface area contributed by atoms with E-state index in [0.717, 1.165) is 26.9 Å². The molecule has 1 aromatic carbocycles. The van der Waals surface area contributed by atoms with Crippen molar-refractivity contribution < 1.29 is 9.29 Å². The number of ether oxygens (including phenoxy) is 1. The number of anilines is 2. The molecule has 0 aliphatic carbocycles. The first-order chi connectivity index (χ1) is 14.1. The molecule has 0 aliphatic rings. The smallest absolute Gasteiger partial charge is 0.232 e. The molecule has 0 radical (unpaired) electrons. The molecule has 3 heterocycles. The minimum atomic E-state index is -1.26. The minimum absolute atomic E-state index is 0.203. The fourth-order valence-corrected chi connectivity index (χ4v) is 5.55. The Morgan fingerprint density at radius 3 is 2.52 bits per heavy atom. The van der Waals surface area contributed by atoms with Crippen LogP contribution in [-0.2, 0) is 15.9 Å². The number of benzene rings is 1. The first-order valence-electron chi connectivity index (χ1n) is 8.82. The Bertz CT molecular complexity index is 1130. The van der Waals surface area contributed by atoms with Gasteiger partial charge in [0.15, 0.2) is 0 Å². The van der Waals surface area contributed by atoms with Crippen LogP contribution in [0.4, 0.5) is 11.6 Å². The van der Waals surface area contributed by atoms with Crippen LogP contribution in [0.5, 0.6) is 0 Å². The molecule has 4 rings (SSSR count). The molecule has 3 aromatic heterocycles. The van der Waals surface area contributed by atoms with Crippen LogP contribution in [0.1, 0.15) is 0 Å². The summed E-state index contributed by atoms with van der Waals surface area (Å²) >= 11 is 0.0868. The van der Waals surface area contributed by atoms with E-state index >= 15 is 0 Å². The fourth-order valence-electron chi connectivity index (χ4n) is 2.99. The predicted molar refractivity (Wildman–Crippen MR) is 118 cm³/mol. The van der Waals surface area contributed by atoms with E-state index in [1.165, 1.54) is 11.3 Å². The lowest BCUT2D eigenvalue weighted by atomic mass is 10.0. The maximum atomic E-state index is 12.7. The van der Waals surface area contributed by atoms with E-state index in [2.05, 4.69) is 9.97 Å². The van der Waals surface area contributed by atoms with Crippen LogP contribution < -0.4 is 11.5 Å². The van der Waals surface area contributed by atoms with Crippen LogP contribution in [-0.4, -0.2) is 39.0 Å². The van der Waals surface area contributed by atoms with Gasteiger partial charge in [0, 0.05) is 41.6 Å². The number of pyridine rings is 1. The van der Waals surface area contributed by atoms with Gasteiger partial charge in [-0.2, -0.15) is 0 Å². The number of aromatic nitrogens is 3. The summed E-state index contributed by atoms with van der Waals surface area (Å²) in [5.74, 6) is 0.585. The number of hydrogen-bond acceptors (Lipinski definition) is 8. The van der Waals surface area contributed by atoms with Gasteiger partial charge < -0.3 is 20.8 Å². The second-order valence-corrected chi connectivity index (χ2v) is 9.04. The zero-order chi connectivity index (χ0) is 20.4. The summed E-state index contributed by atoms with van der Waals surface area (Å²) in [4.78, 5) is 13.6. The third-order valence-electron chi connectivity index (χ3n) is 4.40. The van der Waals surface area contributed by atoms with Crippen molar-refractivity contribution in [2.75, 3.05) is 30.9 Å². The first kappa shape index (κ1) is 19.6. The van der Waals surface area contributed by atoms with E-state index in [0.29, 0.717) is 28.0 Å². The van der Waals surface area contributed by atoms with Gasteiger partial charge in [-0.1, -0.05) is 41.7 Å². The maximum absolute atomic E-state index is 12.7. The summed E-state index contributed by atoms with van der Waals surface area (Å²) in [5.41, 5.74) is 15.9. The summed E-state index contributed by atoms with van der Waals surface area (Å²) in [6, 6.07) is 11.9. The van der Waals surface area contributed by atoms with Gasteiger partial charge in [-0.25, -0.2) is 15.0 Å². The molecule has 7 nitrogen and oxygen atoms in total. The summed E-state index contributed by atoms with van der Waals surface area (Å²) in [6.45, 7) is 0.396. The SMILES string of the molecule is COCC[S@@+]([O-])c1sc2nc(-c3cnc(N)nc3)cc(-c3ccccc3)c2c1N. The van der Waals surface area contributed by atoms with Gasteiger partial charge in [-0.15, -0.1) is 0 Å². The van der Waals surface area contributed by atoms with Gasteiger partial charge in [0.1, 0.15) is 16.3 Å². The molecule has 0 amide bonds. The molecule has 0 spiro atoms. The highest BCUT2D eigenvalue weighted by Crippen LogP contribution is 2.43. The predicted octanol–water partition coefficient (Wildman–Crippen LogP) is 3.34. The third kappa shape index (κ3) is 3.90. The Balaban J connectivity index is 1.93. The van der Waals surface area contributed by atoms with Crippen molar-refractivity contribution in [3.63, 3.8) is 0 Å². The number of nitrogen functional groups attached to an aromatic ring is 2. The van der Waals surface area contributed by atoms with Crippen molar-refractivity contribution in [2.45, 2.75) is 4.21 Å². The number of fused-ring (bicyclic) bond motifs is 1. The van der Waals surface area contributed by atoms with Gasteiger partial charge in [0.2, 0.25) is 10.2 Å². The number of nitrogens with zero attached hydrogens (tertiary/aromatic N) is 3. The molecule has 4 aromatic rings. The number of hydrogen-bond donors (Lipinski definition) is 2. The average molecular weight is 426 g/mol. The fraction of sp³-hybridized carbons (Fsp3) is 0.150. The Hall–Kier alpha value is -2.72. The maximum Gasteiger partial charge on any atom is 0.232 e. The van der Waals surface area contributed by atoms with Crippen LogP contribution in [0, 0.1) is 0 Å². The summed E-state index contributed by atoms with van der Waals surface area (Å²) < 4.78 is 18.4. The third-order valence-corrected chi connectivity index (χ3v) is 7.27. The Labute approximate surface area is 175 Å². The van der Waals surface area contributed by atoms with Gasteiger partial charge in [-0.3, -0.25) is 0 Å². The number of thiophene rings is 1. The number of nitrogens with two attached hydrogens (primary N) is 2. The molecule has 0 fully saturated rings. The molecular weight excluding hydrogens is 406 g/mol. The Kier molecular flexibility index (Phi) is 5.63. The van der Waals surface area contributed by atoms with Crippen LogP contribution in [0.3, 0.4) is 0 Å². The summed E-state index contributed by atoms with van der Waals surface area (Å²) in [5, 5.41) is 0.807. The van der Waals surface area contributed by atoms with E-state index in [9.17, 15) is 4.55 Å². The second-order valence-electron chi connectivity index (χ2n) is 6.28. The van der Waals surface area contributed by atoms with Crippen molar-refractivity contribution in [1.82, 2.24) is 15.0 Å². The highest BCUT2D eigenvalue weighted by Gasteiger charge is 2.24. The van der Waals surface area contributed by atoms with Crippen molar-refractivity contribution in [3.8, 4) is 22.4 Å². The normalized spacial score (nSPS) is 12.3. The van der Waals surface area contributed by atoms with Gasteiger partial charge >= 0.3 is 0 Å². The molecule has 1 atom stereocenters. The topological polar surface area (TPSA) is 123 Å². The van der Waals surface area contributed by atoms with Crippen LogP contribution in [0.2, 0.25) is 0 Å². The lowest BCUT2D eigenvalue weighted by molar-refractivity contribution is 0.217. The molecule has 29 heavy (non-hydrogen) atoms. The monoisotopic (exact) mass is 425 g/mol. The molecular formula is C20H19N5O2S2. The lowest BCUT2D eigenvalue weighted by Crippen LogP contribution is -2.11. The van der Waals surface area contributed by atoms with E-state index in [1.807, 2.05) is 36.4 Å². The first-order valence-corrected chi connectivity index (χ1v) is 11.0. The van der Waals surface area contributed by atoms with Crippen molar-refractivity contribution in [2.24, 2.45) is 0 Å². The molecule has 0 saturated heterocycles. The zero-order valence-corrected chi connectivity index (χ0v) is 17.3. The number of methoxy groups -OCH3 is 1. The molecule has 0 saturated carbocycles. The summed E-state index contributed by atoms with van der Waals surface area (Å²) in [6.07, 6.45) is 3.28.